The highest BCUT2D eigenvalue weighted by Crippen LogP contribution is 2.11. The predicted octanol–water partition coefficient (Wildman–Crippen LogP) is -0.356. The number of rotatable bonds is 3. The van der Waals surface area contributed by atoms with Gasteiger partial charge in [0.1, 0.15) is 6.54 Å². The summed E-state index contributed by atoms with van der Waals surface area (Å²) >= 11 is 0. The molecule has 0 heterocycles. The van der Waals surface area contributed by atoms with Crippen LogP contribution in [-0.4, -0.2) is 30.4 Å². The van der Waals surface area contributed by atoms with Crippen molar-refractivity contribution in [3.8, 4) is 0 Å². The van der Waals surface area contributed by atoms with Crippen LogP contribution in [0.1, 0.15) is 0 Å². The number of hydroxylamine groups is 1. The molecule has 0 spiro atoms. The van der Waals surface area contributed by atoms with Gasteiger partial charge in [0.05, 0.1) is 6.54 Å². The number of carbonyl (C=O) groups excluding carboxylic acids is 1. The summed E-state index contributed by atoms with van der Waals surface area (Å²) in [6, 6.07) is 0. The quantitative estimate of drug-likeness (QED) is 0.509. The summed E-state index contributed by atoms with van der Waals surface area (Å²) in [5.74, 6) is -0.912. The van der Waals surface area contributed by atoms with Crippen LogP contribution in [0.4, 0.5) is 13.2 Å². The summed E-state index contributed by atoms with van der Waals surface area (Å²) < 4.78 is 34.1. The van der Waals surface area contributed by atoms with E-state index < -0.39 is 25.2 Å². The zero-order chi connectivity index (χ0) is 8.91. The zero-order valence-electron chi connectivity index (χ0n) is 5.40. The lowest BCUT2D eigenvalue weighted by atomic mass is 10.5. The van der Waals surface area contributed by atoms with Crippen LogP contribution in [0.3, 0.4) is 0 Å². The first kappa shape index (κ1) is 10.2. The topological polar surface area (TPSA) is 61.4 Å². The van der Waals surface area contributed by atoms with Crippen molar-refractivity contribution in [3.63, 3.8) is 0 Å². The second kappa shape index (κ2) is 4.14. The Morgan fingerprint density at radius 3 is 2.36 bits per heavy atom. The second-order valence-corrected chi connectivity index (χ2v) is 1.73. The van der Waals surface area contributed by atoms with Gasteiger partial charge in [-0.05, 0) is 0 Å². The van der Waals surface area contributed by atoms with Crippen LogP contribution in [-0.2, 0) is 4.79 Å². The third-order valence-electron chi connectivity index (χ3n) is 0.726. The van der Waals surface area contributed by atoms with E-state index in [1.54, 1.807) is 0 Å². The molecule has 0 aromatic rings. The highest BCUT2D eigenvalue weighted by atomic mass is 19.4. The van der Waals surface area contributed by atoms with E-state index in [0.717, 1.165) is 0 Å². The van der Waals surface area contributed by atoms with Crippen molar-refractivity contribution < 1.29 is 23.2 Å². The highest BCUT2D eigenvalue weighted by molar-refractivity contribution is 5.77. The minimum Gasteiger partial charge on any atom is -0.346 e. The van der Waals surface area contributed by atoms with Crippen LogP contribution in [0.15, 0.2) is 0 Å². The zero-order valence-corrected chi connectivity index (χ0v) is 5.40. The highest BCUT2D eigenvalue weighted by Gasteiger charge is 2.27. The van der Waals surface area contributed by atoms with Crippen LogP contribution in [0.25, 0.3) is 0 Å². The van der Waals surface area contributed by atoms with Crippen LogP contribution in [0, 0.1) is 0 Å². The molecule has 1 amide bonds. The van der Waals surface area contributed by atoms with Gasteiger partial charge in [0.2, 0.25) is 5.91 Å². The molecule has 0 aliphatic rings. The van der Waals surface area contributed by atoms with Gasteiger partial charge in [0.25, 0.3) is 0 Å². The van der Waals surface area contributed by atoms with E-state index in [2.05, 4.69) is 0 Å². The molecule has 0 saturated carbocycles. The maximum absolute atomic E-state index is 11.4. The molecule has 0 aliphatic carbocycles. The number of hydrogen-bond donors (Lipinski definition) is 3. The third kappa shape index (κ3) is 7.07. The van der Waals surface area contributed by atoms with E-state index in [0.29, 0.717) is 0 Å². The molecule has 11 heavy (non-hydrogen) atoms. The van der Waals surface area contributed by atoms with E-state index in [4.69, 9.17) is 5.21 Å². The summed E-state index contributed by atoms with van der Waals surface area (Å²) in [5.41, 5.74) is 1.42. The molecule has 0 aromatic heterocycles. The lowest BCUT2D eigenvalue weighted by Gasteiger charge is -2.06. The van der Waals surface area contributed by atoms with Crippen molar-refractivity contribution in [1.29, 1.82) is 0 Å². The predicted molar refractivity (Wildman–Crippen MR) is 28.9 cm³/mol. The van der Waals surface area contributed by atoms with Crippen LogP contribution >= 0.6 is 0 Å². The molecule has 7 heteroatoms. The Hall–Kier alpha value is -0.820. The molecule has 0 bridgehead atoms. The van der Waals surface area contributed by atoms with E-state index in [1.807, 2.05) is 0 Å². The number of hydrogen-bond acceptors (Lipinski definition) is 3. The van der Waals surface area contributed by atoms with Gasteiger partial charge in [-0.1, -0.05) is 0 Å². The normalized spacial score (nSPS) is 11.3. The molecule has 66 valence electrons. The van der Waals surface area contributed by atoms with Crippen molar-refractivity contribution in [2.24, 2.45) is 0 Å². The van der Waals surface area contributed by atoms with Crippen LogP contribution in [0.2, 0.25) is 0 Å². The Labute approximate surface area is 60.3 Å². The second-order valence-electron chi connectivity index (χ2n) is 1.73. The number of carbonyl (C=O) groups is 1. The maximum atomic E-state index is 11.4. The first-order chi connectivity index (χ1) is 4.95. The Morgan fingerprint density at radius 2 is 2.00 bits per heavy atom. The molecule has 3 N–H and O–H groups in total. The number of nitrogens with one attached hydrogen (secondary N) is 2. The molecular weight excluding hydrogens is 165 g/mol. The average molecular weight is 172 g/mol. The minimum atomic E-state index is -4.41. The lowest BCUT2D eigenvalue weighted by Crippen LogP contribution is -2.38. The molecular formula is C4H7F3N2O2. The van der Waals surface area contributed by atoms with Gasteiger partial charge in [0.15, 0.2) is 0 Å². The van der Waals surface area contributed by atoms with Gasteiger partial charge in [-0.25, -0.2) is 0 Å². The first-order valence-corrected chi connectivity index (χ1v) is 2.66. The maximum Gasteiger partial charge on any atom is 0.405 e. The summed E-state index contributed by atoms with van der Waals surface area (Å²) in [6.45, 7) is -1.93. The van der Waals surface area contributed by atoms with Gasteiger partial charge < -0.3 is 10.5 Å². The SMILES string of the molecule is O=C(CNO)NCC(F)(F)F. The summed E-state index contributed by atoms with van der Waals surface area (Å²) in [7, 11) is 0. The fraction of sp³-hybridized carbons (Fsp3) is 0.750. The molecule has 0 rings (SSSR count). The van der Waals surface area contributed by atoms with E-state index in [1.165, 1.54) is 10.8 Å². The van der Waals surface area contributed by atoms with Crippen LogP contribution in [0.5, 0.6) is 0 Å². The Kier molecular flexibility index (Phi) is 3.83. The van der Waals surface area contributed by atoms with E-state index >= 15 is 0 Å². The number of halogens is 3. The molecule has 0 radical (unpaired) electrons. The molecule has 0 aromatic carbocycles. The largest absolute Gasteiger partial charge is 0.405 e. The van der Waals surface area contributed by atoms with Gasteiger partial charge in [-0.3, -0.25) is 4.79 Å². The third-order valence-corrected chi connectivity index (χ3v) is 0.726. The van der Waals surface area contributed by atoms with Gasteiger partial charge in [-0.15, -0.1) is 0 Å². The molecule has 4 nitrogen and oxygen atoms in total. The van der Waals surface area contributed by atoms with E-state index in [-0.39, 0.29) is 0 Å². The van der Waals surface area contributed by atoms with Gasteiger partial charge in [-0.2, -0.15) is 18.7 Å². The van der Waals surface area contributed by atoms with Crippen molar-refractivity contribution in [2.75, 3.05) is 13.1 Å². The monoisotopic (exact) mass is 172 g/mol. The Morgan fingerprint density at radius 1 is 1.45 bits per heavy atom. The Bertz CT molecular complexity index is 136. The summed E-state index contributed by atoms with van der Waals surface area (Å²) in [5, 5.41) is 9.41. The van der Waals surface area contributed by atoms with Crippen molar-refractivity contribution in [3.05, 3.63) is 0 Å². The van der Waals surface area contributed by atoms with Gasteiger partial charge >= 0.3 is 6.18 Å². The molecule has 0 saturated heterocycles. The van der Waals surface area contributed by atoms with Crippen molar-refractivity contribution in [1.82, 2.24) is 10.8 Å². The molecule has 0 unspecified atom stereocenters. The number of amides is 1. The van der Waals surface area contributed by atoms with Gasteiger partial charge in [0, 0.05) is 0 Å². The van der Waals surface area contributed by atoms with Crippen molar-refractivity contribution >= 4 is 5.91 Å². The lowest BCUT2D eigenvalue weighted by molar-refractivity contribution is -0.138. The van der Waals surface area contributed by atoms with Crippen LogP contribution < -0.4 is 10.8 Å². The fourth-order valence-electron chi connectivity index (χ4n) is 0.333. The molecule has 0 aliphatic heterocycles. The standard InChI is InChI=1S/C4H7F3N2O2/c5-4(6,7)2-8-3(10)1-9-11/h9,11H,1-2H2,(H,8,10). The number of alkyl halides is 3. The fourth-order valence-corrected chi connectivity index (χ4v) is 0.333. The smallest absolute Gasteiger partial charge is 0.346 e. The Balaban J connectivity index is 3.46. The van der Waals surface area contributed by atoms with E-state index in [9.17, 15) is 18.0 Å². The average Bonchev–Trinajstić information content (AvgIpc) is 1.83. The molecule has 0 atom stereocenters. The summed E-state index contributed by atoms with van der Waals surface area (Å²) in [4.78, 5) is 10.3. The molecule has 0 fully saturated rings. The summed E-state index contributed by atoms with van der Waals surface area (Å²) in [6.07, 6.45) is -4.41. The first-order valence-electron chi connectivity index (χ1n) is 2.66. The van der Waals surface area contributed by atoms with Crippen molar-refractivity contribution in [2.45, 2.75) is 6.18 Å². The minimum absolute atomic E-state index is 0.546.